The molecular formula is C26H36N4. The number of nitrogens with zero attached hydrogens (tertiary/aromatic N) is 2. The molecule has 3 atom stereocenters. The van der Waals surface area contributed by atoms with E-state index >= 15 is 0 Å². The summed E-state index contributed by atoms with van der Waals surface area (Å²) >= 11 is 0. The highest BCUT2D eigenvalue weighted by Gasteiger charge is 2.30. The van der Waals surface area contributed by atoms with E-state index in [1.165, 1.54) is 80.5 Å². The summed E-state index contributed by atoms with van der Waals surface area (Å²) in [6.07, 6.45) is 10.9. The van der Waals surface area contributed by atoms with E-state index in [-0.39, 0.29) is 0 Å². The number of rotatable bonds is 6. The summed E-state index contributed by atoms with van der Waals surface area (Å²) in [6, 6.07) is 14.4. The Morgan fingerprint density at radius 2 is 1.90 bits per heavy atom. The van der Waals surface area contributed by atoms with Crippen LogP contribution in [0.3, 0.4) is 0 Å². The first-order chi connectivity index (χ1) is 14.9. The molecule has 0 bridgehead atoms. The van der Waals surface area contributed by atoms with Crippen molar-refractivity contribution < 1.29 is 0 Å². The first kappa shape index (κ1) is 20.2. The van der Waals surface area contributed by atoms with Gasteiger partial charge in [0.2, 0.25) is 0 Å². The Morgan fingerprint density at radius 1 is 1.00 bits per heavy atom. The molecule has 0 unspecified atom stereocenters. The summed E-state index contributed by atoms with van der Waals surface area (Å²) in [6.45, 7) is 5.71. The third-order valence-electron chi connectivity index (χ3n) is 7.45. The summed E-state index contributed by atoms with van der Waals surface area (Å²) in [4.78, 5) is 7.65. The van der Waals surface area contributed by atoms with E-state index in [2.05, 4.69) is 51.9 Å². The van der Waals surface area contributed by atoms with Crippen molar-refractivity contribution in [2.24, 2.45) is 5.92 Å². The molecule has 160 valence electrons. The SMILES string of the molecule is c1ccc2c(c1)CN[C@@H](CN(CC[C@@H]1CCCNC1)[C@H]1CCCc3cccnc31)C2. The molecule has 3 heterocycles. The fourth-order valence-electron chi connectivity index (χ4n) is 5.77. The van der Waals surface area contributed by atoms with Gasteiger partial charge in [0.15, 0.2) is 0 Å². The van der Waals surface area contributed by atoms with E-state index in [0.29, 0.717) is 12.1 Å². The second kappa shape index (κ2) is 9.59. The van der Waals surface area contributed by atoms with Gasteiger partial charge in [0.1, 0.15) is 0 Å². The van der Waals surface area contributed by atoms with Crippen LogP contribution in [0, 0.1) is 5.92 Å². The van der Waals surface area contributed by atoms with Crippen LogP contribution >= 0.6 is 0 Å². The van der Waals surface area contributed by atoms with E-state index in [0.717, 1.165) is 25.4 Å². The molecule has 2 aromatic rings. The predicted molar refractivity (Wildman–Crippen MR) is 122 cm³/mol. The van der Waals surface area contributed by atoms with Crippen molar-refractivity contribution in [1.29, 1.82) is 0 Å². The van der Waals surface area contributed by atoms with Crippen molar-refractivity contribution in [2.45, 2.75) is 63.6 Å². The normalized spacial score (nSPS) is 26.2. The van der Waals surface area contributed by atoms with Gasteiger partial charge >= 0.3 is 0 Å². The molecule has 2 N–H and O–H groups in total. The van der Waals surface area contributed by atoms with E-state index in [1.807, 2.05) is 6.20 Å². The summed E-state index contributed by atoms with van der Waals surface area (Å²) in [5.41, 5.74) is 5.82. The highest BCUT2D eigenvalue weighted by Crippen LogP contribution is 2.34. The van der Waals surface area contributed by atoms with Crippen LogP contribution in [0.5, 0.6) is 0 Å². The molecule has 4 nitrogen and oxygen atoms in total. The predicted octanol–water partition coefficient (Wildman–Crippen LogP) is 3.87. The molecular weight excluding hydrogens is 368 g/mol. The van der Waals surface area contributed by atoms with E-state index in [9.17, 15) is 0 Å². The molecule has 2 aliphatic heterocycles. The molecule has 1 saturated heterocycles. The van der Waals surface area contributed by atoms with E-state index in [1.54, 1.807) is 0 Å². The average Bonchev–Trinajstić information content (AvgIpc) is 2.82. The monoisotopic (exact) mass is 404 g/mol. The summed E-state index contributed by atoms with van der Waals surface area (Å²) in [5, 5.41) is 7.44. The zero-order valence-electron chi connectivity index (χ0n) is 18.2. The first-order valence-electron chi connectivity index (χ1n) is 12.1. The quantitative estimate of drug-likeness (QED) is 0.767. The van der Waals surface area contributed by atoms with Gasteiger partial charge in [-0.05, 0) is 93.3 Å². The maximum Gasteiger partial charge on any atom is 0.0607 e. The molecule has 1 aromatic heterocycles. The first-order valence-corrected chi connectivity index (χ1v) is 12.1. The number of nitrogens with one attached hydrogen (secondary N) is 2. The number of benzene rings is 1. The smallest absolute Gasteiger partial charge is 0.0607 e. The number of fused-ring (bicyclic) bond motifs is 2. The van der Waals surface area contributed by atoms with Gasteiger partial charge in [0.05, 0.1) is 11.7 Å². The standard InChI is InChI=1S/C26H36N4/c1-2-8-23-18-29-24(16-22(23)7-1)19-30(15-12-20-6-4-13-27-17-20)25-11-3-9-21-10-5-14-28-26(21)25/h1-2,5,7-8,10,14,20,24-25,27,29H,3-4,6,9,11-13,15-19H2/t20-,24+,25-/m0/s1. The van der Waals surface area contributed by atoms with Gasteiger partial charge in [0.25, 0.3) is 0 Å². The average molecular weight is 405 g/mol. The largest absolute Gasteiger partial charge is 0.316 e. The Morgan fingerprint density at radius 3 is 2.80 bits per heavy atom. The number of aromatic nitrogens is 1. The summed E-state index contributed by atoms with van der Waals surface area (Å²) in [5.74, 6) is 0.827. The van der Waals surface area contributed by atoms with Crippen LogP contribution in [0.1, 0.15) is 60.5 Å². The van der Waals surface area contributed by atoms with Gasteiger partial charge in [0, 0.05) is 25.3 Å². The number of hydrogen-bond acceptors (Lipinski definition) is 4. The Hall–Kier alpha value is -1.75. The van der Waals surface area contributed by atoms with E-state index in [4.69, 9.17) is 4.98 Å². The molecule has 1 aliphatic carbocycles. The van der Waals surface area contributed by atoms with Crippen LogP contribution in [-0.2, 0) is 19.4 Å². The second-order valence-corrected chi connectivity index (χ2v) is 9.50. The number of aryl methyl sites for hydroxylation is 1. The lowest BCUT2D eigenvalue weighted by atomic mass is 9.89. The highest BCUT2D eigenvalue weighted by atomic mass is 15.2. The van der Waals surface area contributed by atoms with Crippen LogP contribution in [0.15, 0.2) is 42.6 Å². The molecule has 1 aromatic carbocycles. The highest BCUT2D eigenvalue weighted by molar-refractivity contribution is 5.30. The van der Waals surface area contributed by atoms with Crippen LogP contribution in [0.4, 0.5) is 0 Å². The van der Waals surface area contributed by atoms with Crippen LogP contribution < -0.4 is 10.6 Å². The minimum Gasteiger partial charge on any atom is -0.316 e. The Balaban J connectivity index is 1.32. The zero-order valence-corrected chi connectivity index (χ0v) is 18.2. The lowest BCUT2D eigenvalue weighted by molar-refractivity contribution is 0.140. The maximum atomic E-state index is 4.87. The van der Waals surface area contributed by atoms with Crippen LogP contribution in [0.25, 0.3) is 0 Å². The van der Waals surface area contributed by atoms with Crippen molar-refractivity contribution in [3.8, 4) is 0 Å². The number of hydrogen-bond donors (Lipinski definition) is 2. The molecule has 0 spiro atoms. The van der Waals surface area contributed by atoms with E-state index < -0.39 is 0 Å². The Kier molecular flexibility index (Phi) is 6.45. The summed E-state index contributed by atoms with van der Waals surface area (Å²) in [7, 11) is 0. The molecule has 0 saturated carbocycles. The van der Waals surface area contributed by atoms with Gasteiger partial charge in [-0.2, -0.15) is 0 Å². The molecule has 3 aliphatic rings. The molecule has 30 heavy (non-hydrogen) atoms. The van der Waals surface area contributed by atoms with Crippen molar-refractivity contribution in [2.75, 3.05) is 26.2 Å². The number of pyridine rings is 1. The van der Waals surface area contributed by atoms with Crippen molar-refractivity contribution in [1.82, 2.24) is 20.5 Å². The minimum atomic E-state index is 0.477. The van der Waals surface area contributed by atoms with Gasteiger partial charge in [-0.15, -0.1) is 0 Å². The second-order valence-electron chi connectivity index (χ2n) is 9.50. The number of piperidine rings is 1. The zero-order chi connectivity index (χ0) is 20.2. The molecule has 1 fully saturated rings. The third kappa shape index (κ3) is 4.61. The minimum absolute atomic E-state index is 0.477. The topological polar surface area (TPSA) is 40.2 Å². The fourth-order valence-corrected chi connectivity index (χ4v) is 5.77. The maximum absolute atomic E-state index is 4.87. The lowest BCUT2D eigenvalue weighted by Gasteiger charge is -2.39. The van der Waals surface area contributed by atoms with Crippen molar-refractivity contribution in [3.63, 3.8) is 0 Å². The van der Waals surface area contributed by atoms with Crippen LogP contribution in [0.2, 0.25) is 0 Å². The van der Waals surface area contributed by atoms with Gasteiger partial charge in [-0.1, -0.05) is 30.3 Å². The fraction of sp³-hybridized carbons (Fsp3) is 0.577. The molecule has 4 heteroatoms. The van der Waals surface area contributed by atoms with Crippen molar-refractivity contribution in [3.05, 3.63) is 65.0 Å². The molecule has 0 radical (unpaired) electrons. The molecule has 0 amide bonds. The van der Waals surface area contributed by atoms with Gasteiger partial charge in [-0.25, -0.2) is 0 Å². The van der Waals surface area contributed by atoms with Crippen LogP contribution in [-0.4, -0.2) is 42.1 Å². The Labute approximate surface area is 181 Å². The molecule has 5 rings (SSSR count). The summed E-state index contributed by atoms with van der Waals surface area (Å²) < 4.78 is 0. The van der Waals surface area contributed by atoms with Gasteiger partial charge < -0.3 is 10.6 Å². The van der Waals surface area contributed by atoms with Gasteiger partial charge in [-0.3, -0.25) is 9.88 Å². The van der Waals surface area contributed by atoms with Crippen molar-refractivity contribution >= 4 is 0 Å². The third-order valence-corrected chi connectivity index (χ3v) is 7.45. The lowest BCUT2D eigenvalue weighted by Crippen LogP contribution is -2.47. The Bertz CT molecular complexity index is 829.